The van der Waals surface area contributed by atoms with Gasteiger partial charge in [0.1, 0.15) is 0 Å². The smallest absolute Gasteiger partial charge is 0.0801 e. The average Bonchev–Trinajstić information content (AvgIpc) is 2.44. The summed E-state index contributed by atoms with van der Waals surface area (Å²) < 4.78 is 16.5. The van der Waals surface area contributed by atoms with Gasteiger partial charge in [-0.1, -0.05) is 20.3 Å². The van der Waals surface area contributed by atoms with Gasteiger partial charge in [-0.25, -0.2) is 0 Å². The molecule has 1 N–H and O–H groups in total. The predicted molar refractivity (Wildman–Crippen MR) is 79.9 cm³/mol. The molecule has 0 bridgehead atoms. The summed E-state index contributed by atoms with van der Waals surface area (Å²) >= 11 is 0. The second-order valence-corrected chi connectivity index (χ2v) is 6.33. The van der Waals surface area contributed by atoms with Gasteiger partial charge in [0.15, 0.2) is 0 Å². The molecule has 4 atom stereocenters. The highest BCUT2D eigenvalue weighted by Crippen LogP contribution is 2.33. The normalized spacial score (nSPS) is 26.9. The van der Waals surface area contributed by atoms with E-state index in [0.717, 1.165) is 24.9 Å². The lowest BCUT2D eigenvalue weighted by Gasteiger charge is -2.33. The van der Waals surface area contributed by atoms with E-state index in [0.29, 0.717) is 26.2 Å². The summed E-state index contributed by atoms with van der Waals surface area (Å²) in [5, 5.41) is 9.93. The molecule has 0 saturated heterocycles. The van der Waals surface area contributed by atoms with E-state index in [9.17, 15) is 5.11 Å². The molecule has 0 amide bonds. The van der Waals surface area contributed by atoms with Crippen molar-refractivity contribution in [3.8, 4) is 0 Å². The second-order valence-electron chi connectivity index (χ2n) is 6.33. The average molecular weight is 288 g/mol. The van der Waals surface area contributed by atoms with Gasteiger partial charge in [0.25, 0.3) is 0 Å². The van der Waals surface area contributed by atoms with Crippen molar-refractivity contribution in [1.29, 1.82) is 0 Å². The van der Waals surface area contributed by atoms with E-state index < -0.39 is 6.10 Å². The SMILES string of the molecule is CCC(C)(CC(O)COCCOCC1CCC1C)OC. The first-order valence-electron chi connectivity index (χ1n) is 7.89. The standard InChI is InChI=1S/C16H32O4/c1-5-16(3,18-4)10-15(17)12-20-9-8-19-11-14-7-6-13(14)2/h13-15,17H,5-12H2,1-4H3. The lowest BCUT2D eigenvalue weighted by Crippen LogP contribution is -2.33. The molecule has 1 aliphatic rings. The summed E-state index contributed by atoms with van der Waals surface area (Å²) in [6.07, 6.45) is 3.63. The molecule has 1 rings (SSSR count). The molecule has 4 heteroatoms. The Morgan fingerprint density at radius 1 is 1.25 bits per heavy atom. The fourth-order valence-corrected chi connectivity index (χ4v) is 2.48. The molecule has 0 aromatic heterocycles. The highest BCUT2D eigenvalue weighted by Gasteiger charge is 2.26. The Morgan fingerprint density at radius 2 is 1.95 bits per heavy atom. The molecule has 1 aliphatic carbocycles. The van der Waals surface area contributed by atoms with Gasteiger partial charge in [-0.2, -0.15) is 0 Å². The van der Waals surface area contributed by atoms with Crippen LogP contribution in [0.5, 0.6) is 0 Å². The highest BCUT2D eigenvalue weighted by atomic mass is 16.5. The molecule has 0 aliphatic heterocycles. The first-order chi connectivity index (χ1) is 9.50. The number of aliphatic hydroxyl groups excluding tert-OH is 1. The van der Waals surface area contributed by atoms with E-state index in [-0.39, 0.29) is 5.60 Å². The third-order valence-corrected chi connectivity index (χ3v) is 4.72. The molecule has 0 aromatic carbocycles. The van der Waals surface area contributed by atoms with Crippen LogP contribution in [0.3, 0.4) is 0 Å². The van der Waals surface area contributed by atoms with Gasteiger partial charge < -0.3 is 19.3 Å². The Bertz CT molecular complexity index is 253. The molecule has 4 nitrogen and oxygen atoms in total. The topological polar surface area (TPSA) is 47.9 Å². The fraction of sp³-hybridized carbons (Fsp3) is 1.00. The number of aliphatic hydroxyl groups is 1. The van der Waals surface area contributed by atoms with Gasteiger partial charge in [0.2, 0.25) is 0 Å². The van der Waals surface area contributed by atoms with E-state index >= 15 is 0 Å². The lowest BCUT2D eigenvalue weighted by molar-refractivity contribution is -0.0633. The minimum atomic E-state index is -0.480. The molecule has 1 saturated carbocycles. The van der Waals surface area contributed by atoms with Crippen molar-refractivity contribution in [3.05, 3.63) is 0 Å². The van der Waals surface area contributed by atoms with Crippen LogP contribution < -0.4 is 0 Å². The van der Waals surface area contributed by atoms with Gasteiger partial charge in [0, 0.05) is 20.1 Å². The number of hydrogen-bond acceptors (Lipinski definition) is 4. The molecule has 20 heavy (non-hydrogen) atoms. The van der Waals surface area contributed by atoms with E-state index in [4.69, 9.17) is 14.2 Å². The summed E-state index contributed by atoms with van der Waals surface area (Å²) in [6, 6.07) is 0. The van der Waals surface area contributed by atoms with Crippen LogP contribution in [-0.4, -0.2) is 50.3 Å². The molecule has 1 fully saturated rings. The highest BCUT2D eigenvalue weighted by molar-refractivity contribution is 4.77. The lowest BCUT2D eigenvalue weighted by atomic mass is 9.76. The van der Waals surface area contributed by atoms with Crippen LogP contribution in [0.25, 0.3) is 0 Å². The predicted octanol–water partition coefficient (Wildman–Crippen LogP) is 2.63. The number of ether oxygens (including phenoxy) is 3. The van der Waals surface area contributed by atoms with Crippen molar-refractivity contribution < 1.29 is 19.3 Å². The van der Waals surface area contributed by atoms with Gasteiger partial charge in [0.05, 0.1) is 31.5 Å². The summed E-state index contributed by atoms with van der Waals surface area (Å²) in [7, 11) is 1.69. The van der Waals surface area contributed by atoms with Crippen LogP contribution >= 0.6 is 0 Å². The first-order valence-corrected chi connectivity index (χ1v) is 7.89. The third kappa shape index (κ3) is 6.08. The number of rotatable bonds is 11. The van der Waals surface area contributed by atoms with E-state index in [2.05, 4.69) is 13.8 Å². The molecule has 0 radical (unpaired) electrons. The monoisotopic (exact) mass is 288 g/mol. The molecule has 120 valence electrons. The Balaban J connectivity index is 1.97. The van der Waals surface area contributed by atoms with Crippen LogP contribution in [0.1, 0.15) is 46.5 Å². The Hall–Kier alpha value is -0.160. The van der Waals surface area contributed by atoms with Gasteiger partial charge in [-0.15, -0.1) is 0 Å². The maximum atomic E-state index is 9.93. The minimum Gasteiger partial charge on any atom is -0.391 e. The van der Waals surface area contributed by atoms with E-state index in [1.54, 1.807) is 7.11 Å². The molecule has 4 unspecified atom stereocenters. The fourth-order valence-electron chi connectivity index (χ4n) is 2.48. The maximum absolute atomic E-state index is 9.93. The van der Waals surface area contributed by atoms with Crippen molar-refractivity contribution in [2.24, 2.45) is 11.8 Å². The molecule has 0 heterocycles. The molecule has 0 aromatic rings. The van der Waals surface area contributed by atoms with Crippen molar-refractivity contribution >= 4 is 0 Å². The molecular formula is C16H32O4. The molecule has 0 spiro atoms. The van der Waals surface area contributed by atoms with Crippen LogP contribution in [0, 0.1) is 11.8 Å². The van der Waals surface area contributed by atoms with Crippen molar-refractivity contribution in [3.63, 3.8) is 0 Å². The summed E-state index contributed by atoms with van der Waals surface area (Å²) in [5.74, 6) is 1.56. The second kappa shape index (κ2) is 8.98. The van der Waals surface area contributed by atoms with E-state index in [1.165, 1.54) is 12.8 Å². The van der Waals surface area contributed by atoms with E-state index in [1.807, 2.05) is 6.92 Å². The minimum absolute atomic E-state index is 0.264. The quantitative estimate of drug-likeness (QED) is 0.594. The zero-order valence-corrected chi connectivity index (χ0v) is 13.6. The van der Waals surface area contributed by atoms with Crippen LogP contribution in [0.4, 0.5) is 0 Å². The van der Waals surface area contributed by atoms with Crippen LogP contribution in [0.2, 0.25) is 0 Å². The van der Waals surface area contributed by atoms with Crippen LogP contribution in [-0.2, 0) is 14.2 Å². The zero-order valence-electron chi connectivity index (χ0n) is 13.6. The first kappa shape index (κ1) is 17.9. The van der Waals surface area contributed by atoms with Crippen molar-refractivity contribution in [2.45, 2.75) is 58.2 Å². The van der Waals surface area contributed by atoms with Gasteiger partial charge in [-0.05, 0) is 31.6 Å². The van der Waals surface area contributed by atoms with Crippen molar-refractivity contribution in [2.75, 3.05) is 33.5 Å². The summed E-state index contributed by atoms with van der Waals surface area (Å²) in [6.45, 7) is 8.72. The van der Waals surface area contributed by atoms with Gasteiger partial charge >= 0.3 is 0 Å². The largest absolute Gasteiger partial charge is 0.391 e. The summed E-state index contributed by atoms with van der Waals surface area (Å²) in [4.78, 5) is 0. The van der Waals surface area contributed by atoms with Crippen molar-refractivity contribution in [1.82, 2.24) is 0 Å². The Morgan fingerprint density at radius 3 is 2.45 bits per heavy atom. The number of hydrogen-bond donors (Lipinski definition) is 1. The zero-order chi connectivity index (χ0) is 15.0. The van der Waals surface area contributed by atoms with Crippen LogP contribution in [0.15, 0.2) is 0 Å². The Kier molecular flexibility index (Phi) is 8.03. The summed E-state index contributed by atoms with van der Waals surface area (Å²) in [5.41, 5.74) is -0.264. The Labute approximate surface area is 123 Å². The third-order valence-electron chi connectivity index (χ3n) is 4.72. The van der Waals surface area contributed by atoms with Gasteiger partial charge in [-0.3, -0.25) is 0 Å². The maximum Gasteiger partial charge on any atom is 0.0801 e. The molecular weight excluding hydrogens is 256 g/mol. The number of methoxy groups -OCH3 is 1.